The van der Waals surface area contributed by atoms with E-state index in [4.69, 9.17) is 5.73 Å². The molecule has 0 spiro atoms. The summed E-state index contributed by atoms with van der Waals surface area (Å²) < 4.78 is 24.7. The number of rotatable bonds is 9. The molecule has 1 aromatic heterocycles. The van der Waals surface area contributed by atoms with Crippen molar-refractivity contribution in [3.05, 3.63) is 11.9 Å². The summed E-state index contributed by atoms with van der Waals surface area (Å²) in [6.45, 7) is 2.93. The fraction of sp³-hybridized carbons (Fsp3) is 0.818. The Hall–Kier alpha value is -0.950. The Kier molecular flexibility index (Phi) is 6.28. The second-order valence-corrected chi connectivity index (χ2v) is 6.67. The van der Waals surface area contributed by atoms with Crippen LogP contribution in [0.2, 0.25) is 0 Å². The van der Waals surface area contributed by atoms with Crippen molar-refractivity contribution in [3.63, 3.8) is 0 Å². The van der Waals surface area contributed by atoms with Crippen molar-refractivity contribution in [1.82, 2.24) is 15.0 Å². The van der Waals surface area contributed by atoms with Gasteiger partial charge in [0.1, 0.15) is 0 Å². The van der Waals surface area contributed by atoms with Gasteiger partial charge in [-0.25, -0.2) is 8.42 Å². The second kappa shape index (κ2) is 7.48. The number of aromatic nitrogens is 3. The molecule has 7 heteroatoms. The lowest BCUT2D eigenvalue weighted by molar-refractivity contribution is 0.574. The van der Waals surface area contributed by atoms with Crippen LogP contribution in [0.3, 0.4) is 0 Å². The van der Waals surface area contributed by atoms with Crippen LogP contribution in [-0.4, -0.2) is 41.5 Å². The lowest BCUT2D eigenvalue weighted by atomic mass is 10.2. The SMILES string of the molecule is CCCS(=O)(=O)CCn1cc(CCCCN)nn1. The summed E-state index contributed by atoms with van der Waals surface area (Å²) in [6, 6.07) is 0. The van der Waals surface area contributed by atoms with E-state index in [9.17, 15) is 8.42 Å². The third kappa shape index (κ3) is 5.59. The average Bonchev–Trinajstić information content (AvgIpc) is 2.75. The minimum Gasteiger partial charge on any atom is -0.330 e. The predicted molar refractivity (Wildman–Crippen MR) is 71.0 cm³/mol. The summed E-state index contributed by atoms with van der Waals surface area (Å²) in [5.74, 6) is 0.373. The van der Waals surface area contributed by atoms with Crippen molar-refractivity contribution in [2.24, 2.45) is 5.73 Å². The Bertz CT molecular complexity index is 442. The van der Waals surface area contributed by atoms with Gasteiger partial charge in [-0.2, -0.15) is 0 Å². The van der Waals surface area contributed by atoms with Gasteiger partial charge in [0, 0.05) is 11.9 Å². The third-order valence-electron chi connectivity index (χ3n) is 2.62. The number of sulfone groups is 1. The van der Waals surface area contributed by atoms with E-state index in [0.717, 1.165) is 25.0 Å². The fourth-order valence-corrected chi connectivity index (χ4v) is 2.95. The first-order valence-corrected chi connectivity index (χ1v) is 8.19. The minimum absolute atomic E-state index is 0.131. The van der Waals surface area contributed by atoms with Crippen LogP contribution < -0.4 is 5.73 Å². The molecule has 0 unspecified atom stereocenters. The Balaban J connectivity index is 2.39. The van der Waals surface area contributed by atoms with Crippen molar-refractivity contribution in [1.29, 1.82) is 0 Å². The number of aryl methyl sites for hydroxylation is 2. The Morgan fingerprint density at radius 1 is 1.33 bits per heavy atom. The topological polar surface area (TPSA) is 90.9 Å². The summed E-state index contributed by atoms with van der Waals surface area (Å²) in [5, 5.41) is 7.94. The quantitative estimate of drug-likeness (QED) is 0.658. The van der Waals surface area contributed by atoms with Crippen molar-refractivity contribution in [2.45, 2.75) is 39.2 Å². The van der Waals surface area contributed by atoms with E-state index in [2.05, 4.69) is 10.3 Å². The van der Waals surface area contributed by atoms with Crippen LogP contribution >= 0.6 is 0 Å². The Morgan fingerprint density at radius 3 is 2.78 bits per heavy atom. The highest BCUT2D eigenvalue weighted by molar-refractivity contribution is 7.91. The predicted octanol–water partition coefficient (Wildman–Crippen LogP) is 0.384. The maximum atomic E-state index is 11.5. The van der Waals surface area contributed by atoms with E-state index in [1.807, 2.05) is 13.1 Å². The van der Waals surface area contributed by atoms with E-state index < -0.39 is 9.84 Å². The van der Waals surface area contributed by atoms with Gasteiger partial charge in [0.05, 0.1) is 18.0 Å². The van der Waals surface area contributed by atoms with Crippen LogP contribution in [0.25, 0.3) is 0 Å². The van der Waals surface area contributed by atoms with E-state index in [-0.39, 0.29) is 11.5 Å². The van der Waals surface area contributed by atoms with Gasteiger partial charge in [-0.15, -0.1) is 5.10 Å². The van der Waals surface area contributed by atoms with Gasteiger partial charge in [0.15, 0.2) is 9.84 Å². The number of nitrogens with two attached hydrogens (primary N) is 1. The van der Waals surface area contributed by atoms with Crippen LogP contribution in [0.1, 0.15) is 31.9 Å². The number of unbranched alkanes of at least 4 members (excludes halogenated alkanes) is 1. The Morgan fingerprint density at radius 2 is 2.11 bits per heavy atom. The lowest BCUT2D eigenvalue weighted by Crippen LogP contribution is -2.16. The van der Waals surface area contributed by atoms with Crippen LogP contribution in [0.4, 0.5) is 0 Å². The van der Waals surface area contributed by atoms with E-state index in [1.165, 1.54) is 0 Å². The molecule has 0 aliphatic carbocycles. The molecule has 0 fully saturated rings. The molecule has 104 valence electrons. The normalized spacial score (nSPS) is 11.9. The standard InChI is InChI=1S/C11H22N4O2S/c1-2-8-18(16,17)9-7-15-10-11(13-14-15)5-3-4-6-12/h10H,2-9,12H2,1H3. The van der Waals surface area contributed by atoms with E-state index in [0.29, 0.717) is 19.5 Å². The molecule has 0 aromatic carbocycles. The van der Waals surface area contributed by atoms with Crippen LogP contribution in [0.15, 0.2) is 6.20 Å². The number of hydrogen-bond donors (Lipinski definition) is 1. The molecule has 0 aliphatic rings. The molecule has 6 nitrogen and oxygen atoms in total. The summed E-state index contributed by atoms with van der Waals surface area (Å²) in [6.07, 6.45) is 5.28. The molecular formula is C11H22N4O2S. The molecule has 0 saturated carbocycles. The van der Waals surface area contributed by atoms with Crippen LogP contribution in [0, 0.1) is 0 Å². The molecule has 0 bridgehead atoms. The smallest absolute Gasteiger partial charge is 0.152 e. The summed E-state index contributed by atoms with van der Waals surface area (Å²) in [5.41, 5.74) is 6.31. The molecule has 0 aliphatic heterocycles. The second-order valence-electron chi connectivity index (χ2n) is 4.37. The van der Waals surface area contributed by atoms with Gasteiger partial charge in [-0.3, -0.25) is 4.68 Å². The molecule has 1 heterocycles. The lowest BCUT2D eigenvalue weighted by Gasteiger charge is -2.01. The molecule has 0 amide bonds. The zero-order chi connectivity index (χ0) is 13.4. The molecule has 18 heavy (non-hydrogen) atoms. The maximum absolute atomic E-state index is 11.5. The minimum atomic E-state index is -2.95. The molecule has 0 atom stereocenters. The average molecular weight is 274 g/mol. The van der Waals surface area contributed by atoms with Crippen LogP contribution in [0.5, 0.6) is 0 Å². The maximum Gasteiger partial charge on any atom is 0.152 e. The van der Waals surface area contributed by atoms with Gasteiger partial charge < -0.3 is 5.73 Å². The highest BCUT2D eigenvalue weighted by Crippen LogP contribution is 2.01. The zero-order valence-electron chi connectivity index (χ0n) is 10.9. The summed E-state index contributed by atoms with van der Waals surface area (Å²) >= 11 is 0. The molecule has 1 rings (SSSR count). The first kappa shape index (κ1) is 15.1. The highest BCUT2D eigenvalue weighted by Gasteiger charge is 2.10. The number of nitrogens with zero attached hydrogens (tertiary/aromatic N) is 3. The summed E-state index contributed by atoms with van der Waals surface area (Å²) in [4.78, 5) is 0. The van der Waals surface area contributed by atoms with Gasteiger partial charge in [0.2, 0.25) is 0 Å². The molecule has 1 aromatic rings. The zero-order valence-corrected chi connectivity index (χ0v) is 11.7. The largest absolute Gasteiger partial charge is 0.330 e. The first-order chi connectivity index (χ1) is 8.57. The van der Waals surface area contributed by atoms with Crippen LogP contribution in [-0.2, 0) is 22.8 Å². The Labute approximate surface area is 108 Å². The van der Waals surface area contributed by atoms with Gasteiger partial charge in [-0.05, 0) is 32.2 Å². The summed E-state index contributed by atoms with van der Waals surface area (Å²) in [7, 11) is -2.95. The third-order valence-corrected chi connectivity index (χ3v) is 4.45. The fourth-order valence-electron chi connectivity index (χ4n) is 1.66. The van der Waals surface area contributed by atoms with Gasteiger partial charge in [0.25, 0.3) is 0 Å². The van der Waals surface area contributed by atoms with E-state index >= 15 is 0 Å². The van der Waals surface area contributed by atoms with Gasteiger partial charge >= 0.3 is 0 Å². The van der Waals surface area contributed by atoms with Crippen molar-refractivity contribution >= 4 is 9.84 Å². The number of hydrogen-bond acceptors (Lipinski definition) is 5. The van der Waals surface area contributed by atoms with Crippen molar-refractivity contribution < 1.29 is 8.42 Å². The van der Waals surface area contributed by atoms with E-state index in [1.54, 1.807) is 4.68 Å². The van der Waals surface area contributed by atoms with Crippen molar-refractivity contribution in [2.75, 3.05) is 18.1 Å². The first-order valence-electron chi connectivity index (χ1n) is 6.37. The monoisotopic (exact) mass is 274 g/mol. The molecule has 0 saturated heterocycles. The highest BCUT2D eigenvalue weighted by atomic mass is 32.2. The molecular weight excluding hydrogens is 252 g/mol. The van der Waals surface area contributed by atoms with Crippen molar-refractivity contribution in [3.8, 4) is 0 Å². The van der Waals surface area contributed by atoms with Gasteiger partial charge in [-0.1, -0.05) is 12.1 Å². The molecule has 2 N–H and O–H groups in total. The molecule has 0 radical (unpaired) electrons.